The van der Waals surface area contributed by atoms with Gasteiger partial charge in [0.25, 0.3) is 0 Å². The number of rotatable bonds is 12. The zero-order chi connectivity index (χ0) is 21.6. The third-order valence-electron chi connectivity index (χ3n) is 8.17. The second-order valence-electron chi connectivity index (χ2n) is 10.5. The molecule has 2 aliphatic carbocycles. The number of ether oxygens (including phenoxy) is 1. The molecular formula is C26H46N2O2. The topological polar surface area (TPSA) is 41.6 Å². The van der Waals surface area contributed by atoms with Crippen LogP contribution in [0.3, 0.4) is 0 Å². The molecule has 3 aliphatic rings. The zero-order valence-electron chi connectivity index (χ0n) is 19.9. The van der Waals surface area contributed by atoms with Crippen molar-refractivity contribution >= 4 is 5.97 Å². The smallest absolute Gasteiger partial charge is 0.310 e. The summed E-state index contributed by atoms with van der Waals surface area (Å²) < 4.78 is 5.89. The third-order valence-corrected chi connectivity index (χ3v) is 8.17. The van der Waals surface area contributed by atoms with E-state index >= 15 is 0 Å². The Morgan fingerprint density at radius 1 is 1.17 bits per heavy atom. The molecule has 3 rings (SSSR count). The predicted molar refractivity (Wildman–Crippen MR) is 124 cm³/mol. The van der Waals surface area contributed by atoms with Crippen molar-refractivity contribution in [1.29, 1.82) is 0 Å². The SMILES string of the molecule is C=C1CCC[C@]2(C)C[C@H]3OC(=O)C(CNCCCN(CCCC)CCCC)[C@H]3C[C@@H]12. The molecule has 172 valence electrons. The van der Waals surface area contributed by atoms with E-state index in [0.717, 1.165) is 38.9 Å². The second kappa shape index (κ2) is 11.1. The maximum Gasteiger partial charge on any atom is 0.310 e. The first-order chi connectivity index (χ1) is 14.5. The molecule has 5 atom stereocenters. The van der Waals surface area contributed by atoms with Gasteiger partial charge in [-0.2, -0.15) is 0 Å². The number of carbonyl (C=O) groups is 1. The summed E-state index contributed by atoms with van der Waals surface area (Å²) in [5, 5.41) is 3.60. The molecule has 1 heterocycles. The van der Waals surface area contributed by atoms with Crippen LogP contribution in [0.2, 0.25) is 0 Å². The largest absolute Gasteiger partial charge is 0.462 e. The molecule has 1 aliphatic heterocycles. The number of fused-ring (bicyclic) bond motifs is 2. The van der Waals surface area contributed by atoms with Gasteiger partial charge >= 0.3 is 5.97 Å². The van der Waals surface area contributed by atoms with E-state index in [1.807, 2.05) is 0 Å². The molecule has 3 fully saturated rings. The Balaban J connectivity index is 1.44. The summed E-state index contributed by atoms with van der Waals surface area (Å²) in [6.07, 6.45) is 12.2. The lowest BCUT2D eigenvalue weighted by atomic mass is 9.55. The quantitative estimate of drug-likeness (QED) is 0.269. The predicted octanol–water partition coefficient (Wildman–Crippen LogP) is 5.18. The molecule has 30 heavy (non-hydrogen) atoms. The standard InChI is InChI=1S/C26H46N2O2/c1-5-7-14-28(15-8-6-2)16-10-13-27-19-22-21-17-23-20(3)11-9-12-26(23,4)18-24(21)30-25(22)29/h21-24,27H,3,5-19H2,1-2,4H3/t21-,22?,23+,24-,26-/m1/s1. The van der Waals surface area contributed by atoms with Gasteiger partial charge in [0.15, 0.2) is 0 Å². The molecule has 0 amide bonds. The molecule has 0 spiro atoms. The molecule has 1 unspecified atom stereocenters. The summed E-state index contributed by atoms with van der Waals surface area (Å²) in [6.45, 7) is 16.7. The van der Waals surface area contributed by atoms with Gasteiger partial charge in [0.2, 0.25) is 0 Å². The lowest BCUT2D eigenvalue weighted by molar-refractivity contribution is -0.146. The fraction of sp³-hybridized carbons (Fsp3) is 0.885. The average Bonchev–Trinajstić information content (AvgIpc) is 3.01. The van der Waals surface area contributed by atoms with Crippen LogP contribution >= 0.6 is 0 Å². The molecule has 4 nitrogen and oxygen atoms in total. The monoisotopic (exact) mass is 418 g/mol. The van der Waals surface area contributed by atoms with Crippen molar-refractivity contribution in [1.82, 2.24) is 10.2 Å². The van der Waals surface area contributed by atoms with Crippen LogP contribution in [0, 0.1) is 23.2 Å². The molecule has 0 bridgehead atoms. The number of nitrogens with zero attached hydrogens (tertiary/aromatic N) is 1. The van der Waals surface area contributed by atoms with Gasteiger partial charge in [0.1, 0.15) is 6.10 Å². The van der Waals surface area contributed by atoms with Crippen LogP contribution in [-0.4, -0.2) is 49.7 Å². The third kappa shape index (κ3) is 5.68. The van der Waals surface area contributed by atoms with Gasteiger partial charge < -0.3 is 15.0 Å². The van der Waals surface area contributed by atoms with Gasteiger partial charge in [-0.25, -0.2) is 0 Å². The second-order valence-corrected chi connectivity index (χ2v) is 10.5. The van der Waals surface area contributed by atoms with Crippen molar-refractivity contribution in [2.45, 2.75) is 91.1 Å². The highest BCUT2D eigenvalue weighted by atomic mass is 16.6. The summed E-state index contributed by atoms with van der Waals surface area (Å²) in [5.74, 6) is 1.03. The number of unbranched alkanes of at least 4 members (excludes halogenated alkanes) is 2. The molecule has 0 radical (unpaired) electrons. The summed E-state index contributed by atoms with van der Waals surface area (Å²) in [6, 6.07) is 0. The van der Waals surface area contributed by atoms with Crippen LogP contribution in [0.1, 0.15) is 85.0 Å². The Morgan fingerprint density at radius 2 is 1.87 bits per heavy atom. The average molecular weight is 419 g/mol. The van der Waals surface area contributed by atoms with E-state index in [9.17, 15) is 4.79 Å². The zero-order valence-corrected chi connectivity index (χ0v) is 19.9. The number of carbonyl (C=O) groups excluding carboxylic acids is 1. The van der Waals surface area contributed by atoms with Crippen molar-refractivity contribution in [3.05, 3.63) is 12.2 Å². The van der Waals surface area contributed by atoms with E-state index in [4.69, 9.17) is 4.74 Å². The number of esters is 1. The highest BCUT2D eigenvalue weighted by Gasteiger charge is 2.54. The lowest BCUT2D eigenvalue weighted by Gasteiger charge is -2.50. The minimum atomic E-state index is 0.0329. The summed E-state index contributed by atoms with van der Waals surface area (Å²) in [5.41, 5.74) is 1.71. The Morgan fingerprint density at radius 3 is 2.57 bits per heavy atom. The van der Waals surface area contributed by atoms with Crippen LogP contribution in [0.25, 0.3) is 0 Å². The van der Waals surface area contributed by atoms with Crippen molar-refractivity contribution < 1.29 is 9.53 Å². The van der Waals surface area contributed by atoms with E-state index in [0.29, 0.717) is 17.3 Å². The van der Waals surface area contributed by atoms with Gasteiger partial charge in [0.05, 0.1) is 5.92 Å². The van der Waals surface area contributed by atoms with Gasteiger partial charge in [-0.15, -0.1) is 0 Å². The number of hydrogen-bond acceptors (Lipinski definition) is 4. The van der Waals surface area contributed by atoms with Crippen LogP contribution in [0.15, 0.2) is 12.2 Å². The maximum absolute atomic E-state index is 12.6. The first kappa shape index (κ1) is 23.8. The van der Waals surface area contributed by atoms with E-state index in [1.165, 1.54) is 63.6 Å². The van der Waals surface area contributed by atoms with Crippen molar-refractivity contribution in [3.8, 4) is 0 Å². The van der Waals surface area contributed by atoms with Gasteiger partial charge in [0, 0.05) is 12.5 Å². The van der Waals surface area contributed by atoms with E-state index in [2.05, 4.69) is 37.6 Å². The van der Waals surface area contributed by atoms with Crippen LogP contribution in [-0.2, 0) is 9.53 Å². The summed E-state index contributed by atoms with van der Waals surface area (Å²) >= 11 is 0. The molecule has 1 saturated heterocycles. The summed E-state index contributed by atoms with van der Waals surface area (Å²) in [4.78, 5) is 15.3. The summed E-state index contributed by atoms with van der Waals surface area (Å²) in [7, 11) is 0. The van der Waals surface area contributed by atoms with Crippen molar-refractivity contribution in [3.63, 3.8) is 0 Å². The van der Waals surface area contributed by atoms with E-state index < -0.39 is 0 Å². The van der Waals surface area contributed by atoms with E-state index in [-0.39, 0.29) is 18.0 Å². The van der Waals surface area contributed by atoms with Crippen LogP contribution < -0.4 is 5.32 Å². The first-order valence-corrected chi connectivity index (χ1v) is 12.8. The number of hydrogen-bond donors (Lipinski definition) is 1. The molecule has 0 aromatic carbocycles. The first-order valence-electron chi connectivity index (χ1n) is 12.8. The highest BCUT2D eigenvalue weighted by Crippen LogP contribution is 2.56. The number of nitrogens with one attached hydrogen (secondary N) is 1. The Bertz CT molecular complexity index is 569. The highest BCUT2D eigenvalue weighted by molar-refractivity contribution is 5.75. The van der Waals surface area contributed by atoms with Gasteiger partial charge in [-0.05, 0) is 88.9 Å². The van der Waals surface area contributed by atoms with Crippen molar-refractivity contribution in [2.24, 2.45) is 23.2 Å². The van der Waals surface area contributed by atoms with Gasteiger partial charge in [-0.3, -0.25) is 4.79 Å². The molecule has 4 heteroatoms. The lowest BCUT2D eigenvalue weighted by Crippen LogP contribution is -2.45. The maximum atomic E-state index is 12.6. The Labute approximate surface area is 185 Å². The van der Waals surface area contributed by atoms with Crippen LogP contribution in [0.4, 0.5) is 0 Å². The molecule has 1 N–H and O–H groups in total. The Hall–Kier alpha value is -0.870. The Kier molecular flexibility index (Phi) is 8.82. The normalized spacial score (nSPS) is 33.5. The fourth-order valence-electron chi connectivity index (χ4n) is 6.27. The molecule has 0 aromatic heterocycles. The minimum absolute atomic E-state index is 0.0329. The van der Waals surface area contributed by atoms with Gasteiger partial charge in [-0.1, -0.05) is 45.8 Å². The molecule has 2 saturated carbocycles. The van der Waals surface area contributed by atoms with Crippen molar-refractivity contribution in [2.75, 3.05) is 32.7 Å². The van der Waals surface area contributed by atoms with Crippen LogP contribution in [0.5, 0.6) is 0 Å². The number of allylic oxidation sites excluding steroid dienone is 1. The van der Waals surface area contributed by atoms with E-state index in [1.54, 1.807) is 0 Å². The minimum Gasteiger partial charge on any atom is -0.462 e. The fourth-order valence-corrected chi connectivity index (χ4v) is 6.27. The molecule has 0 aromatic rings. The molecular weight excluding hydrogens is 372 g/mol.